The van der Waals surface area contributed by atoms with Crippen LogP contribution in [-0.2, 0) is 0 Å². The van der Waals surface area contributed by atoms with Crippen molar-refractivity contribution in [1.29, 1.82) is 0 Å². The molecule has 0 aliphatic rings. The molecule has 1 atom stereocenters. The Morgan fingerprint density at radius 2 is 1.82 bits per heavy atom. The van der Waals surface area contributed by atoms with Gasteiger partial charge in [0.2, 0.25) is 0 Å². The van der Waals surface area contributed by atoms with Gasteiger partial charge in [0.05, 0.1) is 5.56 Å². The van der Waals surface area contributed by atoms with Gasteiger partial charge in [0.15, 0.2) is 0 Å². The van der Waals surface area contributed by atoms with Gasteiger partial charge in [0.25, 0.3) is 5.91 Å². The minimum atomic E-state index is -0.414. The standard InChI is InChI=1S/C16H27N3O3/c1-10(2)7-6-8-11(3)17-16(21)19-18-15(20)14-9-12(4)22-13(14)5/h9-11H,6-8H2,1-5H3,(H,18,20)(H2,17,19,21)/t11-/m0/s1. The van der Waals surface area contributed by atoms with Crippen LogP contribution in [0.1, 0.15) is 61.9 Å². The molecule has 0 spiro atoms. The Bertz CT molecular complexity index is 509. The van der Waals surface area contributed by atoms with Crippen molar-refractivity contribution in [3.05, 3.63) is 23.2 Å². The molecule has 1 rings (SSSR count). The Morgan fingerprint density at radius 3 is 2.36 bits per heavy atom. The molecule has 1 aromatic heterocycles. The molecular weight excluding hydrogens is 282 g/mol. The van der Waals surface area contributed by atoms with Crippen molar-refractivity contribution < 1.29 is 14.0 Å². The van der Waals surface area contributed by atoms with Crippen molar-refractivity contribution in [2.75, 3.05) is 0 Å². The highest BCUT2D eigenvalue weighted by atomic mass is 16.3. The number of aryl methyl sites for hydroxylation is 2. The van der Waals surface area contributed by atoms with Gasteiger partial charge in [0.1, 0.15) is 11.5 Å². The monoisotopic (exact) mass is 309 g/mol. The molecule has 1 heterocycles. The van der Waals surface area contributed by atoms with Crippen LogP contribution in [0.5, 0.6) is 0 Å². The topological polar surface area (TPSA) is 83.4 Å². The molecule has 0 aliphatic carbocycles. The number of urea groups is 1. The molecule has 124 valence electrons. The summed E-state index contributed by atoms with van der Waals surface area (Å²) in [5.41, 5.74) is 5.15. The largest absolute Gasteiger partial charge is 0.466 e. The summed E-state index contributed by atoms with van der Waals surface area (Å²) in [6.07, 6.45) is 3.13. The van der Waals surface area contributed by atoms with Gasteiger partial charge in [-0.25, -0.2) is 10.2 Å². The van der Waals surface area contributed by atoms with Gasteiger partial charge in [-0.15, -0.1) is 0 Å². The fourth-order valence-corrected chi connectivity index (χ4v) is 2.20. The first-order valence-electron chi connectivity index (χ1n) is 7.73. The summed E-state index contributed by atoms with van der Waals surface area (Å²) in [7, 11) is 0. The van der Waals surface area contributed by atoms with Crippen molar-refractivity contribution in [3.8, 4) is 0 Å². The molecular formula is C16H27N3O3. The maximum atomic E-state index is 11.9. The first kappa shape index (κ1) is 18.1. The molecule has 0 radical (unpaired) electrons. The number of hydrogen-bond donors (Lipinski definition) is 3. The fourth-order valence-electron chi connectivity index (χ4n) is 2.20. The molecule has 0 unspecified atom stereocenters. The van der Waals surface area contributed by atoms with E-state index in [1.54, 1.807) is 19.9 Å². The molecule has 1 aromatic rings. The van der Waals surface area contributed by atoms with Crippen molar-refractivity contribution in [2.45, 2.75) is 59.9 Å². The van der Waals surface area contributed by atoms with E-state index in [2.05, 4.69) is 30.0 Å². The van der Waals surface area contributed by atoms with Crippen LogP contribution in [0, 0.1) is 19.8 Å². The highest BCUT2D eigenvalue weighted by Gasteiger charge is 2.14. The molecule has 22 heavy (non-hydrogen) atoms. The van der Waals surface area contributed by atoms with Crippen LogP contribution in [0.2, 0.25) is 0 Å². The van der Waals surface area contributed by atoms with Gasteiger partial charge in [-0.3, -0.25) is 10.2 Å². The van der Waals surface area contributed by atoms with E-state index in [9.17, 15) is 9.59 Å². The summed E-state index contributed by atoms with van der Waals surface area (Å²) in [4.78, 5) is 23.6. The van der Waals surface area contributed by atoms with Gasteiger partial charge in [-0.05, 0) is 39.2 Å². The van der Waals surface area contributed by atoms with Crippen LogP contribution >= 0.6 is 0 Å². The zero-order valence-corrected chi connectivity index (χ0v) is 14.1. The average Bonchev–Trinajstić information content (AvgIpc) is 2.74. The third-order valence-electron chi connectivity index (χ3n) is 3.37. The summed E-state index contributed by atoms with van der Waals surface area (Å²) >= 11 is 0. The second-order valence-corrected chi connectivity index (χ2v) is 6.11. The Kier molecular flexibility index (Phi) is 6.95. The molecule has 0 aromatic carbocycles. The SMILES string of the molecule is Cc1cc(C(=O)NNC(=O)N[C@@H](C)CCCC(C)C)c(C)o1. The zero-order valence-electron chi connectivity index (χ0n) is 14.1. The molecule has 0 bridgehead atoms. The van der Waals surface area contributed by atoms with Crippen LogP contribution in [0.25, 0.3) is 0 Å². The van der Waals surface area contributed by atoms with E-state index in [0.29, 0.717) is 23.0 Å². The van der Waals surface area contributed by atoms with Gasteiger partial charge >= 0.3 is 6.03 Å². The van der Waals surface area contributed by atoms with E-state index in [-0.39, 0.29) is 6.04 Å². The van der Waals surface area contributed by atoms with Crippen LogP contribution in [0.3, 0.4) is 0 Å². The maximum absolute atomic E-state index is 11.9. The molecule has 6 heteroatoms. The van der Waals surface area contributed by atoms with E-state index >= 15 is 0 Å². The lowest BCUT2D eigenvalue weighted by atomic mass is 10.0. The van der Waals surface area contributed by atoms with Gasteiger partial charge in [-0.1, -0.05) is 26.7 Å². The van der Waals surface area contributed by atoms with Gasteiger partial charge in [-0.2, -0.15) is 0 Å². The highest BCUT2D eigenvalue weighted by Crippen LogP contribution is 2.12. The molecule has 0 aliphatic heterocycles. The lowest BCUT2D eigenvalue weighted by Gasteiger charge is -2.15. The summed E-state index contributed by atoms with van der Waals surface area (Å²) in [6, 6.07) is 1.29. The second kappa shape index (κ2) is 8.46. The minimum Gasteiger partial charge on any atom is -0.466 e. The number of hydrazine groups is 1. The molecule has 3 amide bonds. The lowest BCUT2D eigenvalue weighted by Crippen LogP contribution is -2.49. The van der Waals surface area contributed by atoms with Crippen LogP contribution in [-0.4, -0.2) is 18.0 Å². The van der Waals surface area contributed by atoms with Crippen LogP contribution < -0.4 is 16.2 Å². The molecule has 0 fully saturated rings. The Hall–Kier alpha value is -1.98. The average molecular weight is 309 g/mol. The van der Waals surface area contributed by atoms with E-state index < -0.39 is 11.9 Å². The van der Waals surface area contributed by atoms with E-state index in [1.807, 2.05) is 6.92 Å². The molecule has 0 saturated heterocycles. The third-order valence-corrected chi connectivity index (χ3v) is 3.37. The first-order valence-corrected chi connectivity index (χ1v) is 7.73. The number of hydrogen-bond acceptors (Lipinski definition) is 3. The van der Waals surface area contributed by atoms with Crippen LogP contribution in [0.15, 0.2) is 10.5 Å². The number of furan rings is 1. The molecule has 0 saturated carbocycles. The number of carbonyl (C=O) groups excluding carboxylic acids is 2. The predicted molar refractivity (Wildman–Crippen MR) is 85.5 cm³/mol. The van der Waals surface area contributed by atoms with Crippen LogP contribution in [0.4, 0.5) is 4.79 Å². The van der Waals surface area contributed by atoms with Gasteiger partial charge in [0, 0.05) is 6.04 Å². The quantitative estimate of drug-likeness (QED) is 0.706. The summed E-state index contributed by atoms with van der Waals surface area (Å²) in [6.45, 7) is 9.78. The smallest absolute Gasteiger partial charge is 0.333 e. The Labute approximate surface area is 132 Å². The number of carbonyl (C=O) groups is 2. The predicted octanol–water partition coefficient (Wildman–Crippen LogP) is 3.06. The maximum Gasteiger partial charge on any atom is 0.333 e. The van der Waals surface area contributed by atoms with Crippen molar-refractivity contribution in [3.63, 3.8) is 0 Å². The number of nitrogens with one attached hydrogen (secondary N) is 3. The molecule has 3 N–H and O–H groups in total. The van der Waals surface area contributed by atoms with E-state index in [1.165, 1.54) is 0 Å². The number of rotatable bonds is 6. The minimum absolute atomic E-state index is 0.0635. The molecule has 6 nitrogen and oxygen atoms in total. The fraction of sp³-hybridized carbons (Fsp3) is 0.625. The summed E-state index contributed by atoms with van der Waals surface area (Å²) in [5, 5.41) is 2.79. The zero-order chi connectivity index (χ0) is 16.7. The highest BCUT2D eigenvalue weighted by molar-refractivity contribution is 5.96. The second-order valence-electron chi connectivity index (χ2n) is 6.11. The Morgan fingerprint density at radius 1 is 1.14 bits per heavy atom. The Balaban J connectivity index is 2.30. The van der Waals surface area contributed by atoms with Crippen molar-refractivity contribution in [1.82, 2.24) is 16.2 Å². The summed E-state index contributed by atoms with van der Waals surface area (Å²) < 4.78 is 5.28. The normalized spacial score (nSPS) is 12.1. The number of amides is 3. The van der Waals surface area contributed by atoms with E-state index in [4.69, 9.17) is 4.42 Å². The third kappa shape index (κ3) is 6.20. The van der Waals surface area contributed by atoms with Crippen molar-refractivity contribution >= 4 is 11.9 Å². The lowest BCUT2D eigenvalue weighted by molar-refractivity contribution is 0.0934. The first-order chi connectivity index (χ1) is 10.3. The summed E-state index contributed by atoms with van der Waals surface area (Å²) in [5.74, 6) is 1.46. The van der Waals surface area contributed by atoms with Gasteiger partial charge < -0.3 is 9.73 Å². The van der Waals surface area contributed by atoms with Crippen molar-refractivity contribution in [2.24, 2.45) is 5.92 Å². The van der Waals surface area contributed by atoms with E-state index in [0.717, 1.165) is 19.3 Å².